The van der Waals surface area contributed by atoms with Gasteiger partial charge in [-0.25, -0.2) is 18.5 Å². The number of phenolic OH excluding ortho intramolecular Hbond substituents is 1. The van der Waals surface area contributed by atoms with E-state index < -0.39 is 16.0 Å². The number of carbonyl (C=O) groups is 1. The minimum absolute atomic E-state index is 0.121. The van der Waals surface area contributed by atoms with Gasteiger partial charge in [0.2, 0.25) is 10.0 Å². The lowest BCUT2D eigenvalue weighted by Gasteiger charge is -2.12. The van der Waals surface area contributed by atoms with E-state index in [0.29, 0.717) is 27.7 Å². The van der Waals surface area contributed by atoms with Crippen LogP contribution in [-0.4, -0.2) is 40.4 Å². The average Bonchev–Trinajstić information content (AvgIpc) is 3.17. The second-order valence-corrected chi connectivity index (χ2v) is 8.98. The quantitative estimate of drug-likeness (QED) is 0.185. The normalized spacial score (nSPS) is 11.5. The fraction of sp³-hybridized carbons (Fsp3) is 0.0455. The Hall–Kier alpha value is -4.22. The molecule has 0 aliphatic carbocycles. The summed E-state index contributed by atoms with van der Waals surface area (Å²) in [6, 6.07) is 13.6. The van der Waals surface area contributed by atoms with Crippen molar-refractivity contribution >= 4 is 32.9 Å². The van der Waals surface area contributed by atoms with Gasteiger partial charge in [0.15, 0.2) is 0 Å². The lowest BCUT2D eigenvalue weighted by Crippen LogP contribution is -2.11. The van der Waals surface area contributed by atoms with Gasteiger partial charge in [-0.2, -0.15) is 0 Å². The molecule has 0 unspecified atom stereocenters. The fourth-order valence-corrected chi connectivity index (χ4v) is 4.07. The molecule has 0 amide bonds. The van der Waals surface area contributed by atoms with Gasteiger partial charge in [-0.3, -0.25) is 10.2 Å². The highest BCUT2D eigenvalue weighted by molar-refractivity contribution is 7.89. The molecule has 3 aromatic carbocycles. The van der Waals surface area contributed by atoms with Gasteiger partial charge in [-0.1, -0.05) is 12.1 Å². The van der Waals surface area contributed by atoms with Gasteiger partial charge in [-0.05, 0) is 53.6 Å². The monoisotopic (exact) mass is 465 g/mol. The number of nitrogens with two attached hydrogens (primary N) is 2. The number of fused-ring (bicyclic) bond motifs is 1. The number of hydrogen-bond acceptors (Lipinski definition) is 6. The number of amidine groups is 1. The SMILES string of the molecule is N=C(N)c1ccc2[nH]c(-c3cc(CC(=O)O)cc(-c4cccc(S(N)(=O)=O)c4)c3O)nc2c1. The molecule has 0 spiro atoms. The summed E-state index contributed by atoms with van der Waals surface area (Å²) in [5.41, 5.74) is 8.29. The molecular formula is C22H19N5O5S. The summed E-state index contributed by atoms with van der Waals surface area (Å²) in [5, 5.41) is 33.2. The summed E-state index contributed by atoms with van der Waals surface area (Å²) in [6.45, 7) is 0. The first-order chi connectivity index (χ1) is 15.5. The third kappa shape index (κ3) is 4.40. The zero-order chi connectivity index (χ0) is 23.9. The Morgan fingerprint density at radius 3 is 2.48 bits per heavy atom. The number of aromatic hydroxyl groups is 1. The predicted octanol–water partition coefficient (Wildman–Crippen LogP) is 2.16. The van der Waals surface area contributed by atoms with E-state index >= 15 is 0 Å². The van der Waals surface area contributed by atoms with Crippen molar-refractivity contribution in [1.82, 2.24) is 9.97 Å². The second-order valence-electron chi connectivity index (χ2n) is 7.41. The van der Waals surface area contributed by atoms with Crippen LogP contribution >= 0.6 is 0 Å². The van der Waals surface area contributed by atoms with Crippen molar-refractivity contribution in [2.24, 2.45) is 10.9 Å². The van der Waals surface area contributed by atoms with E-state index in [1.165, 1.54) is 30.3 Å². The number of phenols is 1. The summed E-state index contributed by atoms with van der Waals surface area (Å²) < 4.78 is 23.6. The number of carboxylic acids is 1. The first-order valence-electron chi connectivity index (χ1n) is 9.58. The molecule has 0 saturated carbocycles. The molecule has 11 heteroatoms. The van der Waals surface area contributed by atoms with E-state index in [4.69, 9.17) is 16.3 Å². The minimum Gasteiger partial charge on any atom is -0.507 e. The van der Waals surface area contributed by atoms with E-state index in [-0.39, 0.29) is 39.9 Å². The molecular weight excluding hydrogens is 446 g/mol. The highest BCUT2D eigenvalue weighted by Gasteiger charge is 2.19. The van der Waals surface area contributed by atoms with E-state index in [1.54, 1.807) is 24.3 Å². The van der Waals surface area contributed by atoms with Crippen LogP contribution in [0.3, 0.4) is 0 Å². The van der Waals surface area contributed by atoms with Crippen molar-refractivity contribution in [1.29, 1.82) is 5.41 Å². The number of aromatic nitrogens is 2. The van der Waals surface area contributed by atoms with E-state index in [0.717, 1.165) is 0 Å². The summed E-state index contributed by atoms with van der Waals surface area (Å²) in [4.78, 5) is 18.8. The van der Waals surface area contributed by atoms with Crippen molar-refractivity contribution in [3.63, 3.8) is 0 Å². The van der Waals surface area contributed by atoms with E-state index in [1.807, 2.05) is 0 Å². The molecule has 0 atom stereocenters. The molecule has 1 heterocycles. The molecule has 0 saturated heterocycles. The Kier molecular flexibility index (Phi) is 5.36. The Morgan fingerprint density at radius 2 is 1.82 bits per heavy atom. The van der Waals surface area contributed by atoms with E-state index in [9.17, 15) is 23.4 Å². The number of nitrogen functional groups attached to an aromatic ring is 1. The number of nitrogens with one attached hydrogen (secondary N) is 2. The number of benzene rings is 3. The molecule has 0 aliphatic rings. The number of rotatable bonds is 6. The molecule has 168 valence electrons. The number of imidazole rings is 1. The van der Waals surface area contributed by atoms with Gasteiger partial charge in [0.05, 0.1) is 27.9 Å². The largest absolute Gasteiger partial charge is 0.507 e. The molecule has 1 aromatic heterocycles. The van der Waals surface area contributed by atoms with Crippen LogP contribution in [0.4, 0.5) is 0 Å². The zero-order valence-corrected chi connectivity index (χ0v) is 17.8. The van der Waals surface area contributed by atoms with Gasteiger partial charge < -0.3 is 20.9 Å². The van der Waals surface area contributed by atoms with Crippen LogP contribution in [0.1, 0.15) is 11.1 Å². The lowest BCUT2D eigenvalue weighted by atomic mass is 9.96. The van der Waals surface area contributed by atoms with Crippen LogP contribution < -0.4 is 10.9 Å². The standard InChI is InChI=1S/C22H19N5O5S/c23-21(24)13-4-5-17-18(10-13)27-22(26-17)16-7-11(8-19(28)29)6-15(20(16)30)12-2-1-3-14(9-12)33(25,31)32/h1-7,9-10,30H,8H2,(H3,23,24)(H,26,27)(H,28,29)(H2,25,31,32). The van der Waals surface area contributed by atoms with Crippen molar-refractivity contribution in [3.8, 4) is 28.3 Å². The number of hydrogen-bond donors (Lipinski definition) is 6. The Labute approximate surface area is 188 Å². The van der Waals surface area contributed by atoms with Gasteiger partial charge in [0.1, 0.15) is 17.4 Å². The van der Waals surface area contributed by atoms with Crippen molar-refractivity contribution < 1.29 is 23.4 Å². The van der Waals surface area contributed by atoms with Crippen LogP contribution in [0, 0.1) is 5.41 Å². The van der Waals surface area contributed by atoms with Crippen LogP contribution in [0.5, 0.6) is 5.75 Å². The Morgan fingerprint density at radius 1 is 1.09 bits per heavy atom. The molecule has 4 aromatic rings. The third-order valence-electron chi connectivity index (χ3n) is 5.05. The van der Waals surface area contributed by atoms with Gasteiger partial charge >= 0.3 is 5.97 Å². The number of sulfonamides is 1. The summed E-state index contributed by atoms with van der Waals surface area (Å²) >= 11 is 0. The topological polar surface area (TPSA) is 196 Å². The fourth-order valence-electron chi connectivity index (χ4n) is 3.51. The molecule has 8 N–H and O–H groups in total. The van der Waals surface area contributed by atoms with Crippen molar-refractivity contribution in [2.75, 3.05) is 0 Å². The minimum atomic E-state index is -3.99. The first-order valence-corrected chi connectivity index (χ1v) is 11.1. The van der Waals surface area contributed by atoms with Crippen LogP contribution in [0.2, 0.25) is 0 Å². The van der Waals surface area contributed by atoms with Gasteiger partial charge in [-0.15, -0.1) is 0 Å². The molecule has 0 aliphatic heterocycles. The van der Waals surface area contributed by atoms with Crippen LogP contribution in [0.15, 0.2) is 59.5 Å². The van der Waals surface area contributed by atoms with Crippen molar-refractivity contribution in [3.05, 3.63) is 65.7 Å². The highest BCUT2D eigenvalue weighted by atomic mass is 32.2. The number of aromatic amines is 1. The Balaban J connectivity index is 1.93. The van der Waals surface area contributed by atoms with Crippen LogP contribution in [-0.2, 0) is 21.2 Å². The molecule has 0 radical (unpaired) electrons. The molecule has 0 fully saturated rings. The number of aliphatic carboxylic acids is 1. The van der Waals surface area contributed by atoms with Gasteiger partial charge in [0.25, 0.3) is 0 Å². The molecule has 10 nitrogen and oxygen atoms in total. The smallest absolute Gasteiger partial charge is 0.307 e. The predicted molar refractivity (Wildman–Crippen MR) is 122 cm³/mol. The summed E-state index contributed by atoms with van der Waals surface area (Å²) in [7, 11) is -3.99. The maximum Gasteiger partial charge on any atom is 0.307 e. The maximum absolute atomic E-state index is 11.8. The second kappa shape index (κ2) is 8.04. The van der Waals surface area contributed by atoms with Crippen molar-refractivity contribution in [2.45, 2.75) is 11.3 Å². The highest BCUT2D eigenvalue weighted by Crippen LogP contribution is 2.39. The van der Waals surface area contributed by atoms with E-state index in [2.05, 4.69) is 9.97 Å². The third-order valence-corrected chi connectivity index (χ3v) is 5.96. The molecule has 0 bridgehead atoms. The molecule has 4 rings (SSSR count). The van der Waals surface area contributed by atoms with Gasteiger partial charge in [0, 0.05) is 11.1 Å². The molecule has 33 heavy (non-hydrogen) atoms. The summed E-state index contributed by atoms with van der Waals surface area (Å²) in [6.07, 6.45) is -0.329. The number of nitrogens with zero attached hydrogens (tertiary/aromatic N) is 1. The Bertz CT molecular complexity index is 1540. The lowest BCUT2D eigenvalue weighted by molar-refractivity contribution is -0.136. The first kappa shape index (κ1) is 22.0. The summed E-state index contributed by atoms with van der Waals surface area (Å²) in [5.74, 6) is -1.16. The number of H-pyrrole nitrogens is 1. The number of primary sulfonamides is 1. The maximum atomic E-state index is 11.8. The van der Waals surface area contributed by atoms with Crippen LogP contribution in [0.25, 0.3) is 33.5 Å². The zero-order valence-electron chi connectivity index (χ0n) is 17.0. The number of carboxylic acid groups (broad SMARTS) is 1. The average molecular weight is 465 g/mol.